The van der Waals surface area contributed by atoms with E-state index in [1.165, 1.54) is 4.90 Å². The molecule has 0 saturated carbocycles. The molecular weight excluding hydrogens is 292 g/mol. The van der Waals surface area contributed by atoms with Gasteiger partial charge >= 0.3 is 6.09 Å². The van der Waals surface area contributed by atoms with Crippen molar-refractivity contribution >= 4 is 16.1 Å². The molecule has 1 amide bonds. The Morgan fingerprint density at radius 1 is 1.29 bits per heavy atom. The van der Waals surface area contributed by atoms with Crippen molar-refractivity contribution in [1.29, 1.82) is 0 Å². The number of ether oxygens (including phenoxy) is 1. The zero-order chi connectivity index (χ0) is 15.8. The molecular formula is C14H20N2O4S. The second kappa shape index (κ2) is 5.65. The van der Waals surface area contributed by atoms with Gasteiger partial charge in [-0.3, -0.25) is 0 Å². The van der Waals surface area contributed by atoms with E-state index in [9.17, 15) is 13.2 Å². The standard InChI is InChI=1S/C14H20N2O4S/c1-9-5-10(2)13(11(3)6-9)21(18,19)15-7-12-8-16(4)14(17)20-12/h5-6,12,15H,7-8H2,1-4H3. The summed E-state index contributed by atoms with van der Waals surface area (Å²) < 4.78 is 32.5. The fourth-order valence-corrected chi connectivity index (χ4v) is 4.14. The third kappa shape index (κ3) is 3.36. The molecule has 1 saturated heterocycles. The van der Waals surface area contributed by atoms with E-state index in [0.29, 0.717) is 22.6 Å². The normalized spacial score (nSPS) is 19.0. The smallest absolute Gasteiger partial charge is 0.410 e. The average molecular weight is 312 g/mol. The van der Waals surface area contributed by atoms with Crippen LogP contribution in [-0.2, 0) is 14.8 Å². The molecule has 0 aliphatic carbocycles. The first-order valence-corrected chi connectivity index (χ1v) is 8.18. The highest BCUT2D eigenvalue weighted by molar-refractivity contribution is 7.89. The lowest BCUT2D eigenvalue weighted by atomic mass is 10.1. The minimum Gasteiger partial charge on any atom is -0.443 e. The molecule has 1 unspecified atom stereocenters. The van der Waals surface area contributed by atoms with E-state index in [1.807, 2.05) is 19.1 Å². The van der Waals surface area contributed by atoms with Crippen molar-refractivity contribution in [3.63, 3.8) is 0 Å². The van der Waals surface area contributed by atoms with Gasteiger partial charge in [-0.1, -0.05) is 17.7 Å². The highest BCUT2D eigenvalue weighted by Gasteiger charge is 2.30. The first-order valence-electron chi connectivity index (χ1n) is 6.70. The number of sulfonamides is 1. The van der Waals surface area contributed by atoms with Crippen LogP contribution >= 0.6 is 0 Å². The molecule has 6 nitrogen and oxygen atoms in total. The number of carbonyl (C=O) groups is 1. The lowest BCUT2D eigenvalue weighted by Crippen LogP contribution is -2.34. The molecule has 1 aliphatic rings. The molecule has 1 aromatic rings. The van der Waals surface area contributed by atoms with E-state index in [1.54, 1.807) is 20.9 Å². The van der Waals surface area contributed by atoms with Gasteiger partial charge in [0.25, 0.3) is 0 Å². The summed E-state index contributed by atoms with van der Waals surface area (Å²) in [5.74, 6) is 0. The van der Waals surface area contributed by atoms with E-state index >= 15 is 0 Å². The monoisotopic (exact) mass is 312 g/mol. The Morgan fingerprint density at radius 2 is 1.86 bits per heavy atom. The highest BCUT2D eigenvalue weighted by Crippen LogP contribution is 2.21. The first-order chi connectivity index (χ1) is 9.70. The number of likely N-dealkylation sites (N-methyl/N-ethyl adjacent to an activating group) is 1. The number of benzene rings is 1. The summed E-state index contributed by atoms with van der Waals surface area (Å²) in [5, 5.41) is 0. The Hall–Kier alpha value is -1.60. The van der Waals surface area contributed by atoms with Gasteiger partial charge in [-0.15, -0.1) is 0 Å². The van der Waals surface area contributed by atoms with Crippen molar-refractivity contribution < 1.29 is 17.9 Å². The third-order valence-corrected chi connectivity index (χ3v) is 5.16. The molecule has 1 aromatic carbocycles. The zero-order valence-corrected chi connectivity index (χ0v) is 13.5. The number of amides is 1. The van der Waals surface area contributed by atoms with Crippen molar-refractivity contribution in [2.24, 2.45) is 0 Å². The average Bonchev–Trinajstić information content (AvgIpc) is 2.65. The Morgan fingerprint density at radius 3 is 2.33 bits per heavy atom. The maximum atomic E-state index is 12.4. The van der Waals surface area contributed by atoms with E-state index < -0.39 is 22.2 Å². The van der Waals surface area contributed by atoms with Gasteiger partial charge in [-0.2, -0.15) is 0 Å². The molecule has 0 bridgehead atoms. The Labute approximate surface area is 125 Å². The SMILES string of the molecule is Cc1cc(C)c(S(=O)(=O)NCC2CN(C)C(=O)O2)c(C)c1. The molecule has 1 fully saturated rings. The fourth-order valence-electron chi connectivity index (χ4n) is 2.62. The zero-order valence-electron chi connectivity index (χ0n) is 12.6. The predicted molar refractivity (Wildman–Crippen MR) is 78.7 cm³/mol. The molecule has 21 heavy (non-hydrogen) atoms. The molecule has 1 heterocycles. The summed E-state index contributed by atoms with van der Waals surface area (Å²) >= 11 is 0. The lowest BCUT2D eigenvalue weighted by molar-refractivity contribution is 0.135. The molecule has 116 valence electrons. The Kier molecular flexibility index (Phi) is 4.25. The van der Waals surface area contributed by atoms with Gasteiger partial charge in [0, 0.05) is 13.6 Å². The summed E-state index contributed by atoms with van der Waals surface area (Å²) in [5.41, 5.74) is 2.44. The molecule has 7 heteroatoms. The summed E-state index contributed by atoms with van der Waals surface area (Å²) in [4.78, 5) is 13.0. The third-order valence-electron chi connectivity index (χ3n) is 3.43. The van der Waals surface area contributed by atoms with E-state index in [-0.39, 0.29) is 6.54 Å². The van der Waals surface area contributed by atoms with Gasteiger partial charge in [0.15, 0.2) is 0 Å². The van der Waals surface area contributed by atoms with Gasteiger partial charge in [0.1, 0.15) is 6.10 Å². The topological polar surface area (TPSA) is 75.7 Å². The number of rotatable bonds is 4. The number of nitrogens with one attached hydrogen (secondary N) is 1. The molecule has 1 N–H and O–H groups in total. The van der Waals surface area contributed by atoms with Crippen LogP contribution in [0.15, 0.2) is 17.0 Å². The Balaban J connectivity index is 2.15. The number of cyclic esters (lactones) is 1. The Bertz CT molecular complexity index is 647. The minimum atomic E-state index is -3.62. The molecule has 1 aliphatic heterocycles. The second-order valence-electron chi connectivity index (χ2n) is 5.47. The van der Waals surface area contributed by atoms with Gasteiger partial charge in [-0.05, 0) is 31.9 Å². The summed E-state index contributed by atoms with van der Waals surface area (Å²) in [6.45, 7) is 5.94. The quantitative estimate of drug-likeness (QED) is 0.910. The van der Waals surface area contributed by atoms with Crippen LogP contribution in [0, 0.1) is 20.8 Å². The van der Waals surface area contributed by atoms with Gasteiger partial charge in [0.2, 0.25) is 10.0 Å². The second-order valence-corrected chi connectivity index (χ2v) is 7.17. The fraction of sp³-hybridized carbons (Fsp3) is 0.500. The van der Waals surface area contributed by atoms with Crippen LogP contribution in [0.4, 0.5) is 4.79 Å². The van der Waals surface area contributed by atoms with Crippen LogP contribution in [0.2, 0.25) is 0 Å². The molecule has 2 rings (SSSR count). The molecule has 0 spiro atoms. The minimum absolute atomic E-state index is 0.0746. The van der Waals surface area contributed by atoms with Gasteiger partial charge < -0.3 is 9.64 Å². The number of hydrogen-bond acceptors (Lipinski definition) is 4. The van der Waals surface area contributed by atoms with Crippen molar-refractivity contribution in [2.45, 2.75) is 31.8 Å². The molecule has 0 radical (unpaired) electrons. The van der Waals surface area contributed by atoms with Crippen LogP contribution in [0.25, 0.3) is 0 Å². The number of aryl methyl sites for hydroxylation is 3. The summed E-state index contributed by atoms with van der Waals surface area (Å²) in [7, 11) is -2.00. The van der Waals surface area contributed by atoms with Crippen molar-refractivity contribution in [1.82, 2.24) is 9.62 Å². The lowest BCUT2D eigenvalue weighted by Gasteiger charge is -2.14. The van der Waals surface area contributed by atoms with Crippen LogP contribution in [0.1, 0.15) is 16.7 Å². The first kappa shape index (κ1) is 15.8. The van der Waals surface area contributed by atoms with Crippen molar-refractivity contribution in [3.8, 4) is 0 Å². The van der Waals surface area contributed by atoms with Crippen molar-refractivity contribution in [2.75, 3.05) is 20.1 Å². The van der Waals surface area contributed by atoms with Crippen LogP contribution in [0.3, 0.4) is 0 Å². The maximum Gasteiger partial charge on any atom is 0.410 e. The largest absolute Gasteiger partial charge is 0.443 e. The van der Waals surface area contributed by atoms with E-state index in [2.05, 4.69) is 4.72 Å². The van der Waals surface area contributed by atoms with E-state index in [4.69, 9.17) is 4.74 Å². The van der Waals surface area contributed by atoms with Crippen LogP contribution in [0.5, 0.6) is 0 Å². The van der Waals surface area contributed by atoms with Crippen LogP contribution < -0.4 is 4.72 Å². The van der Waals surface area contributed by atoms with E-state index in [0.717, 1.165) is 5.56 Å². The number of nitrogens with zero attached hydrogens (tertiary/aromatic N) is 1. The summed E-state index contributed by atoms with van der Waals surface area (Å²) in [6, 6.07) is 3.68. The van der Waals surface area contributed by atoms with Crippen molar-refractivity contribution in [3.05, 3.63) is 28.8 Å². The molecule has 1 atom stereocenters. The maximum absolute atomic E-state index is 12.4. The van der Waals surface area contributed by atoms with Gasteiger partial charge in [0.05, 0.1) is 11.4 Å². The van der Waals surface area contributed by atoms with Gasteiger partial charge in [-0.25, -0.2) is 17.9 Å². The highest BCUT2D eigenvalue weighted by atomic mass is 32.2. The molecule has 0 aromatic heterocycles. The predicted octanol–water partition coefficient (Wildman–Crippen LogP) is 1.34. The van der Waals surface area contributed by atoms with Crippen LogP contribution in [-0.4, -0.2) is 45.7 Å². The number of carbonyl (C=O) groups excluding carboxylic acids is 1. The summed E-state index contributed by atoms with van der Waals surface area (Å²) in [6.07, 6.45) is -0.884. The number of hydrogen-bond donors (Lipinski definition) is 1.